The van der Waals surface area contributed by atoms with Crippen molar-refractivity contribution in [2.75, 3.05) is 14.1 Å². The van der Waals surface area contributed by atoms with Crippen molar-refractivity contribution in [3.8, 4) is 5.75 Å². The van der Waals surface area contributed by atoms with Crippen molar-refractivity contribution in [1.29, 1.82) is 0 Å². The number of rotatable bonds is 7. The maximum atomic E-state index is 12.7. The molecule has 4 N–H and O–H groups in total. The zero-order valence-corrected chi connectivity index (χ0v) is 18.6. The van der Waals surface area contributed by atoms with Gasteiger partial charge in [0.2, 0.25) is 0 Å². The lowest BCUT2D eigenvalue weighted by Gasteiger charge is -2.38. The van der Waals surface area contributed by atoms with E-state index in [1.807, 2.05) is 14.1 Å². The van der Waals surface area contributed by atoms with E-state index in [0.717, 1.165) is 25.7 Å². The molecule has 0 aromatic heterocycles. The van der Waals surface area contributed by atoms with Gasteiger partial charge in [0, 0.05) is 11.6 Å². The summed E-state index contributed by atoms with van der Waals surface area (Å²) in [5, 5.41) is 17.2. The molecule has 0 saturated heterocycles. The minimum Gasteiger partial charge on any atom is -0.405 e. The smallest absolute Gasteiger partial charge is 0.405 e. The second-order valence-electron chi connectivity index (χ2n) is 8.69. The van der Waals surface area contributed by atoms with Gasteiger partial charge in [-0.05, 0) is 58.2 Å². The van der Waals surface area contributed by atoms with E-state index in [1.165, 1.54) is 24.4 Å². The molecule has 12 heteroatoms. The summed E-state index contributed by atoms with van der Waals surface area (Å²) in [6.07, 6.45) is 0.479. The Morgan fingerprint density at radius 2 is 1.94 bits per heavy atom. The Morgan fingerprint density at radius 3 is 2.55 bits per heavy atom. The molecule has 0 bridgehead atoms. The van der Waals surface area contributed by atoms with Crippen LogP contribution in [0.15, 0.2) is 41.2 Å². The lowest BCUT2D eigenvalue weighted by Crippen LogP contribution is -2.64. The van der Waals surface area contributed by atoms with E-state index < -0.39 is 16.9 Å². The van der Waals surface area contributed by atoms with Gasteiger partial charge in [-0.15, -0.1) is 13.2 Å². The van der Waals surface area contributed by atoms with E-state index in [4.69, 9.17) is 5.73 Å². The molecule has 182 valence electrons. The van der Waals surface area contributed by atoms with E-state index >= 15 is 0 Å². The second-order valence-corrected chi connectivity index (χ2v) is 8.69. The molecule has 2 aliphatic rings. The Labute approximate surface area is 190 Å². The second kappa shape index (κ2) is 9.96. The quantitative estimate of drug-likeness (QED) is 0.414. The fraction of sp³-hybridized carbons (Fsp3) is 0.571. The highest BCUT2D eigenvalue weighted by Crippen LogP contribution is 2.34. The SMILES string of the molecule is CN(C)C1CCC(CC2(N)NC(=NCc3ccccc3OC(F)(F)F)NC=C2[N+](=O)[O-])CC1. The average molecular weight is 470 g/mol. The molecule has 1 atom stereocenters. The average Bonchev–Trinajstić information content (AvgIpc) is 2.72. The van der Waals surface area contributed by atoms with Gasteiger partial charge in [-0.2, -0.15) is 0 Å². The first kappa shape index (κ1) is 24.8. The van der Waals surface area contributed by atoms with Gasteiger partial charge in [0.1, 0.15) is 5.75 Å². The molecule has 33 heavy (non-hydrogen) atoms. The van der Waals surface area contributed by atoms with Crippen LogP contribution in [0.2, 0.25) is 0 Å². The highest BCUT2D eigenvalue weighted by Gasteiger charge is 2.44. The van der Waals surface area contributed by atoms with Crippen LogP contribution in [0.1, 0.15) is 37.7 Å². The van der Waals surface area contributed by atoms with Crippen LogP contribution in [-0.4, -0.2) is 47.9 Å². The van der Waals surface area contributed by atoms with Crippen LogP contribution in [0.3, 0.4) is 0 Å². The fourth-order valence-electron chi connectivity index (χ4n) is 4.38. The number of guanidine groups is 1. The molecule has 1 aromatic carbocycles. The highest BCUT2D eigenvalue weighted by molar-refractivity contribution is 5.83. The molecular formula is C21H29F3N6O3. The minimum atomic E-state index is -4.83. The van der Waals surface area contributed by atoms with Crippen LogP contribution >= 0.6 is 0 Å². The summed E-state index contributed by atoms with van der Waals surface area (Å²) in [7, 11) is 4.08. The number of halogens is 3. The molecule has 1 aromatic rings. The Morgan fingerprint density at radius 1 is 1.27 bits per heavy atom. The standard InChI is InChI=1S/C21H29F3N6O3/c1-29(2)16-9-7-14(8-10-16)11-20(25)18(30(31)32)13-27-19(28-20)26-12-15-5-3-4-6-17(15)33-21(22,23)24/h3-6,13-14,16H,7-12,25H2,1-2H3,(H2,26,27,28). The molecule has 0 amide bonds. The lowest BCUT2D eigenvalue weighted by molar-refractivity contribution is -0.437. The molecule has 1 heterocycles. The van der Waals surface area contributed by atoms with Gasteiger partial charge in [0.15, 0.2) is 11.6 Å². The number of nitrogens with two attached hydrogens (primary N) is 1. The molecule has 1 aliphatic heterocycles. The van der Waals surface area contributed by atoms with Crippen molar-refractivity contribution in [2.24, 2.45) is 16.6 Å². The van der Waals surface area contributed by atoms with Crippen molar-refractivity contribution in [2.45, 2.75) is 56.7 Å². The fourth-order valence-corrected chi connectivity index (χ4v) is 4.38. The Bertz CT molecular complexity index is 913. The van der Waals surface area contributed by atoms with Crippen molar-refractivity contribution in [3.63, 3.8) is 0 Å². The number of aliphatic imine (C=N–C) groups is 1. The summed E-state index contributed by atoms with van der Waals surface area (Å²) in [6.45, 7) is -0.146. The molecule has 1 aliphatic carbocycles. The van der Waals surface area contributed by atoms with E-state index in [9.17, 15) is 23.3 Å². The summed E-state index contributed by atoms with van der Waals surface area (Å²) in [5.74, 6) is -0.0162. The van der Waals surface area contributed by atoms with E-state index in [2.05, 4.69) is 25.3 Å². The van der Waals surface area contributed by atoms with Crippen LogP contribution in [0.4, 0.5) is 13.2 Å². The molecule has 9 nitrogen and oxygen atoms in total. The summed E-state index contributed by atoms with van der Waals surface area (Å²) >= 11 is 0. The largest absolute Gasteiger partial charge is 0.573 e. The van der Waals surface area contributed by atoms with Crippen LogP contribution in [0.25, 0.3) is 0 Å². The number of nitrogens with one attached hydrogen (secondary N) is 2. The number of alkyl halides is 3. The monoisotopic (exact) mass is 470 g/mol. The van der Waals surface area contributed by atoms with Crippen LogP contribution < -0.4 is 21.1 Å². The van der Waals surface area contributed by atoms with Crippen molar-refractivity contribution < 1.29 is 22.8 Å². The number of hydrogen-bond acceptors (Lipinski definition) is 6. The molecule has 1 saturated carbocycles. The number of hydrogen-bond donors (Lipinski definition) is 3. The maximum absolute atomic E-state index is 12.7. The highest BCUT2D eigenvalue weighted by atomic mass is 19.4. The topological polar surface area (TPSA) is 118 Å². The molecule has 0 radical (unpaired) electrons. The number of ether oxygens (including phenoxy) is 1. The number of benzene rings is 1. The van der Waals surface area contributed by atoms with Gasteiger partial charge < -0.3 is 20.3 Å². The van der Waals surface area contributed by atoms with Crippen LogP contribution in [0, 0.1) is 16.0 Å². The predicted molar refractivity (Wildman–Crippen MR) is 117 cm³/mol. The van der Waals surface area contributed by atoms with E-state index in [1.54, 1.807) is 6.07 Å². The normalized spacial score (nSPS) is 27.0. The van der Waals surface area contributed by atoms with Crippen molar-refractivity contribution in [1.82, 2.24) is 15.5 Å². The number of nitrogens with zero attached hydrogens (tertiary/aromatic N) is 3. The zero-order valence-electron chi connectivity index (χ0n) is 18.6. The first-order valence-electron chi connectivity index (χ1n) is 10.7. The first-order valence-corrected chi connectivity index (χ1v) is 10.7. The van der Waals surface area contributed by atoms with Crippen molar-refractivity contribution in [3.05, 3.63) is 51.8 Å². The van der Waals surface area contributed by atoms with Crippen LogP contribution in [0.5, 0.6) is 5.75 Å². The molecule has 1 unspecified atom stereocenters. The number of para-hydroxylation sites is 1. The lowest BCUT2D eigenvalue weighted by atomic mass is 9.79. The number of nitro groups is 1. The summed E-state index contributed by atoms with van der Waals surface area (Å²) < 4.78 is 42.0. The summed E-state index contributed by atoms with van der Waals surface area (Å²) in [4.78, 5) is 17.5. The zero-order chi connectivity index (χ0) is 24.2. The van der Waals surface area contributed by atoms with Gasteiger partial charge in [-0.3, -0.25) is 15.8 Å². The Balaban J connectivity index is 1.74. The van der Waals surface area contributed by atoms with E-state index in [-0.39, 0.29) is 35.4 Å². The summed E-state index contributed by atoms with van der Waals surface area (Å²) in [6, 6.07) is 6.15. The van der Waals surface area contributed by atoms with Crippen LogP contribution in [-0.2, 0) is 6.54 Å². The van der Waals surface area contributed by atoms with Gasteiger partial charge in [0.25, 0.3) is 0 Å². The predicted octanol–water partition coefficient (Wildman–Crippen LogP) is 2.92. The molecule has 1 fully saturated rings. The third kappa shape index (κ3) is 6.57. The summed E-state index contributed by atoms with van der Waals surface area (Å²) in [5.41, 5.74) is 5.02. The molecule has 3 rings (SSSR count). The van der Waals surface area contributed by atoms with E-state index in [0.29, 0.717) is 12.5 Å². The maximum Gasteiger partial charge on any atom is 0.573 e. The van der Waals surface area contributed by atoms with Gasteiger partial charge in [0.05, 0.1) is 17.7 Å². The molecule has 0 spiro atoms. The third-order valence-corrected chi connectivity index (χ3v) is 6.10. The Kier molecular flexibility index (Phi) is 7.48. The third-order valence-electron chi connectivity index (χ3n) is 6.10. The van der Waals surface area contributed by atoms with Gasteiger partial charge in [-0.1, -0.05) is 18.2 Å². The van der Waals surface area contributed by atoms with Crippen molar-refractivity contribution >= 4 is 5.96 Å². The first-order chi connectivity index (χ1) is 15.5. The van der Waals surface area contributed by atoms with Gasteiger partial charge >= 0.3 is 12.1 Å². The molecular weight excluding hydrogens is 441 g/mol. The Hall–Kier alpha value is -2.86. The minimum absolute atomic E-state index is 0.145. The van der Waals surface area contributed by atoms with Gasteiger partial charge in [-0.25, -0.2) is 4.99 Å².